The third-order valence-corrected chi connectivity index (χ3v) is 7.56. The second kappa shape index (κ2) is 10.5. The van der Waals surface area contributed by atoms with E-state index in [4.69, 9.17) is 4.42 Å². The first-order valence-electron chi connectivity index (χ1n) is 13.6. The Labute approximate surface area is 242 Å². The van der Waals surface area contributed by atoms with Crippen molar-refractivity contribution in [2.45, 2.75) is 45.6 Å². The number of fused-ring (bicyclic) bond motifs is 2. The van der Waals surface area contributed by atoms with Crippen molar-refractivity contribution in [1.82, 2.24) is 33.8 Å². The summed E-state index contributed by atoms with van der Waals surface area (Å²) in [6.07, 6.45) is 6.22. The van der Waals surface area contributed by atoms with Gasteiger partial charge in [0.25, 0.3) is 16.7 Å². The van der Waals surface area contributed by atoms with Gasteiger partial charge >= 0.3 is 0 Å². The first-order chi connectivity index (χ1) is 20.7. The quantitative estimate of drug-likeness (QED) is 0.290. The van der Waals surface area contributed by atoms with Crippen molar-refractivity contribution in [3.63, 3.8) is 0 Å². The van der Waals surface area contributed by atoms with Gasteiger partial charge in [-0.05, 0) is 36.5 Å². The Kier molecular flexibility index (Phi) is 6.63. The van der Waals surface area contributed by atoms with E-state index in [1.807, 2.05) is 32.9 Å². The summed E-state index contributed by atoms with van der Waals surface area (Å²) in [5, 5.41) is 27.1. The lowest BCUT2D eigenvalue weighted by atomic mass is 9.96. The lowest BCUT2D eigenvalue weighted by molar-refractivity contribution is 0.551. The highest BCUT2D eigenvalue weighted by Crippen LogP contribution is 2.29. The lowest BCUT2D eigenvalue weighted by Gasteiger charge is -2.17. The average molecular weight is 576 g/mol. The van der Waals surface area contributed by atoms with Crippen molar-refractivity contribution in [1.29, 1.82) is 10.5 Å². The highest BCUT2D eigenvalue weighted by Gasteiger charge is 2.24. The topological polar surface area (TPSA) is 183 Å². The van der Waals surface area contributed by atoms with Gasteiger partial charge in [-0.25, -0.2) is 0 Å². The van der Waals surface area contributed by atoms with E-state index in [0.29, 0.717) is 40.3 Å². The van der Waals surface area contributed by atoms with Gasteiger partial charge in [0.1, 0.15) is 23.3 Å². The van der Waals surface area contributed by atoms with Gasteiger partial charge in [0.05, 0.1) is 30.0 Å². The standard InChI is InChI=1S/C30H25N9O4/c1-16(2)23-25(35-27-19(11-31)13-33-38(27)29(23)41)18-6-7-22(40)37(15-18)9-8-17(3)24-26(21-5-4-10-43-21)36-28-20(12-32)14-34-39(28)30(24)42/h4-7,10,13-17,35-36H,8-9H2,1-3H3. The second-order valence-corrected chi connectivity index (χ2v) is 10.6. The van der Waals surface area contributed by atoms with Crippen LogP contribution in [-0.2, 0) is 6.54 Å². The molecule has 13 heteroatoms. The van der Waals surface area contributed by atoms with Crippen LogP contribution < -0.4 is 16.7 Å². The predicted molar refractivity (Wildman–Crippen MR) is 156 cm³/mol. The zero-order chi connectivity index (χ0) is 30.4. The number of H-pyrrole nitrogens is 2. The number of aromatic amines is 2. The van der Waals surface area contributed by atoms with Gasteiger partial charge in [0.15, 0.2) is 17.1 Å². The number of nitrogens with one attached hydrogen (secondary N) is 2. The van der Waals surface area contributed by atoms with Crippen LogP contribution in [0.1, 0.15) is 61.3 Å². The Hall–Kier alpha value is -5.95. The second-order valence-electron chi connectivity index (χ2n) is 10.6. The maximum atomic E-state index is 13.6. The number of aromatic nitrogens is 7. The molecule has 0 aliphatic carbocycles. The summed E-state index contributed by atoms with van der Waals surface area (Å²) in [6, 6.07) is 10.6. The van der Waals surface area contributed by atoms with Crippen molar-refractivity contribution in [3.8, 4) is 34.8 Å². The summed E-state index contributed by atoms with van der Waals surface area (Å²) in [6.45, 7) is 5.90. The Morgan fingerprint density at radius 3 is 2.09 bits per heavy atom. The Morgan fingerprint density at radius 2 is 1.51 bits per heavy atom. The molecule has 1 atom stereocenters. The molecule has 6 aromatic rings. The van der Waals surface area contributed by atoms with Gasteiger partial charge < -0.3 is 19.0 Å². The maximum Gasteiger partial charge on any atom is 0.278 e. The van der Waals surface area contributed by atoms with Crippen LogP contribution in [-0.4, -0.2) is 33.8 Å². The average Bonchev–Trinajstić information content (AvgIpc) is 3.76. The summed E-state index contributed by atoms with van der Waals surface area (Å²) in [4.78, 5) is 46.2. The van der Waals surface area contributed by atoms with Gasteiger partial charge in [0, 0.05) is 35.5 Å². The third kappa shape index (κ3) is 4.44. The number of nitriles is 2. The zero-order valence-electron chi connectivity index (χ0n) is 23.5. The summed E-state index contributed by atoms with van der Waals surface area (Å²) in [7, 11) is 0. The number of nitrogens with zero attached hydrogens (tertiary/aromatic N) is 7. The smallest absolute Gasteiger partial charge is 0.278 e. The van der Waals surface area contributed by atoms with Gasteiger partial charge in [-0.15, -0.1) is 0 Å². The molecule has 0 saturated heterocycles. The van der Waals surface area contributed by atoms with E-state index in [2.05, 4.69) is 20.2 Å². The van der Waals surface area contributed by atoms with Crippen LogP contribution >= 0.6 is 0 Å². The van der Waals surface area contributed by atoms with Gasteiger partial charge in [-0.2, -0.15) is 29.8 Å². The molecule has 0 fully saturated rings. The zero-order valence-corrected chi connectivity index (χ0v) is 23.5. The van der Waals surface area contributed by atoms with Crippen LogP contribution in [0, 0.1) is 22.7 Å². The molecule has 0 aliphatic rings. The molecule has 6 rings (SSSR count). The van der Waals surface area contributed by atoms with Crippen molar-refractivity contribution in [3.05, 3.63) is 102 Å². The summed E-state index contributed by atoms with van der Waals surface area (Å²) in [5.41, 5.74) is 2.41. The molecule has 2 N–H and O–H groups in total. The molecular weight excluding hydrogens is 550 g/mol. The molecule has 0 spiro atoms. The highest BCUT2D eigenvalue weighted by molar-refractivity contribution is 5.68. The first-order valence-corrected chi connectivity index (χ1v) is 13.6. The summed E-state index contributed by atoms with van der Waals surface area (Å²) >= 11 is 0. The van der Waals surface area contributed by atoms with Crippen LogP contribution in [0.25, 0.3) is 34.0 Å². The molecule has 0 aromatic carbocycles. The minimum absolute atomic E-state index is 0.177. The summed E-state index contributed by atoms with van der Waals surface area (Å²) < 4.78 is 9.47. The van der Waals surface area contributed by atoms with Crippen LogP contribution in [0.4, 0.5) is 0 Å². The Balaban J connectivity index is 1.40. The molecule has 6 aromatic heterocycles. The minimum atomic E-state index is -0.392. The van der Waals surface area contributed by atoms with E-state index in [1.165, 1.54) is 33.8 Å². The molecule has 214 valence electrons. The molecule has 0 saturated carbocycles. The fourth-order valence-electron chi connectivity index (χ4n) is 5.39. The van der Waals surface area contributed by atoms with Crippen molar-refractivity contribution < 1.29 is 4.42 Å². The van der Waals surface area contributed by atoms with E-state index in [9.17, 15) is 24.9 Å². The Morgan fingerprint density at radius 1 is 0.884 bits per heavy atom. The fourth-order valence-corrected chi connectivity index (χ4v) is 5.39. The number of pyridine rings is 1. The lowest BCUT2D eigenvalue weighted by Crippen LogP contribution is -2.25. The highest BCUT2D eigenvalue weighted by atomic mass is 16.3. The summed E-state index contributed by atoms with van der Waals surface area (Å²) in [5.74, 6) is -0.0995. The monoisotopic (exact) mass is 575 g/mol. The normalized spacial score (nSPS) is 12.1. The molecule has 6 heterocycles. The molecule has 1 unspecified atom stereocenters. The maximum absolute atomic E-state index is 13.6. The van der Waals surface area contributed by atoms with Gasteiger partial charge in [-0.1, -0.05) is 20.8 Å². The van der Waals surface area contributed by atoms with E-state index in [-0.39, 0.29) is 51.9 Å². The molecule has 13 nitrogen and oxygen atoms in total. The minimum Gasteiger partial charge on any atom is -0.463 e. The number of hydrogen-bond donors (Lipinski definition) is 2. The number of rotatable bonds is 7. The van der Waals surface area contributed by atoms with Gasteiger partial charge in [0.2, 0.25) is 0 Å². The van der Waals surface area contributed by atoms with E-state index in [0.717, 1.165) is 4.52 Å². The van der Waals surface area contributed by atoms with Crippen molar-refractivity contribution in [2.75, 3.05) is 0 Å². The predicted octanol–water partition coefficient (Wildman–Crippen LogP) is 3.51. The number of hydrogen-bond acceptors (Lipinski definition) is 8. The largest absolute Gasteiger partial charge is 0.463 e. The van der Waals surface area contributed by atoms with Gasteiger partial charge in [-0.3, -0.25) is 14.4 Å². The van der Waals surface area contributed by atoms with E-state index in [1.54, 1.807) is 24.4 Å². The molecule has 43 heavy (non-hydrogen) atoms. The Bertz CT molecular complexity index is 2280. The molecule has 0 radical (unpaired) electrons. The molecule has 0 aliphatic heterocycles. The third-order valence-electron chi connectivity index (χ3n) is 7.56. The number of aryl methyl sites for hydroxylation is 1. The van der Waals surface area contributed by atoms with E-state index < -0.39 is 5.56 Å². The van der Waals surface area contributed by atoms with Crippen molar-refractivity contribution in [2.24, 2.45) is 0 Å². The van der Waals surface area contributed by atoms with E-state index >= 15 is 0 Å². The molecule has 0 bridgehead atoms. The van der Waals surface area contributed by atoms with Crippen LogP contribution in [0.5, 0.6) is 0 Å². The number of furan rings is 1. The molecule has 0 amide bonds. The van der Waals surface area contributed by atoms with Crippen molar-refractivity contribution >= 4 is 11.3 Å². The van der Waals surface area contributed by atoms with Crippen LogP contribution in [0.3, 0.4) is 0 Å². The van der Waals surface area contributed by atoms with Crippen LogP contribution in [0.2, 0.25) is 0 Å². The fraction of sp³-hybridized carbons (Fsp3) is 0.233. The van der Waals surface area contributed by atoms with Crippen LogP contribution in [0.15, 0.2) is 67.9 Å². The first kappa shape index (κ1) is 27.2. The SMILES string of the molecule is CC(C)c1c(-c2ccc(=O)n(CCC(C)c3c(-c4ccco4)[nH]c4c(C#N)cnn4c3=O)c2)[nH]c2c(C#N)cnn2c1=O. The molecular formula is C30H25N9O4.